The molecule has 3 aromatic rings. The molecule has 0 aliphatic carbocycles. The molecule has 0 saturated carbocycles. The number of carbonyl (C=O) groups is 1. The third-order valence-corrected chi connectivity index (χ3v) is 6.25. The van der Waals surface area contributed by atoms with Crippen molar-refractivity contribution < 1.29 is 22.5 Å². The van der Waals surface area contributed by atoms with E-state index in [0.717, 1.165) is 0 Å². The molecule has 0 saturated heterocycles. The lowest BCUT2D eigenvalue weighted by Gasteiger charge is -2.13. The first-order chi connectivity index (χ1) is 17.0. The van der Waals surface area contributed by atoms with Crippen LogP contribution in [0.25, 0.3) is 10.9 Å². The van der Waals surface area contributed by atoms with Crippen molar-refractivity contribution in [2.45, 2.75) is 44.6 Å². The smallest absolute Gasteiger partial charge is 0.228 e. The largest absolute Gasteiger partial charge is 0.453 e. The SMILES string of the molecule is CCS(=O)c1ccc2nccc(Oc3ccc(CC(=O)N/C(C=NC(C)(C)C)=C/N)c(F)c3F)c2c1. The molecule has 1 unspecified atom stereocenters. The molecule has 10 heteroatoms. The maximum Gasteiger partial charge on any atom is 0.228 e. The van der Waals surface area contributed by atoms with Crippen molar-refractivity contribution in [1.82, 2.24) is 10.3 Å². The number of amides is 1. The number of fused-ring (bicyclic) bond motifs is 1. The average Bonchev–Trinajstić information content (AvgIpc) is 2.85. The van der Waals surface area contributed by atoms with Crippen molar-refractivity contribution in [2.24, 2.45) is 10.7 Å². The van der Waals surface area contributed by atoms with E-state index in [2.05, 4.69) is 15.3 Å². The Labute approximate surface area is 210 Å². The monoisotopic (exact) mass is 514 g/mol. The number of halogens is 2. The van der Waals surface area contributed by atoms with Crippen LogP contribution >= 0.6 is 0 Å². The molecular formula is C26H28F2N4O3S. The summed E-state index contributed by atoms with van der Waals surface area (Å²) in [6.07, 6.45) is 3.63. The van der Waals surface area contributed by atoms with E-state index >= 15 is 0 Å². The van der Waals surface area contributed by atoms with Gasteiger partial charge in [0.15, 0.2) is 11.6 Å². The number of benzene rings is 2. The van der Waals surface area contributed by atoms with Crippen molar-refractivity contribution in [3.63, 3.8) is 0 Å². The second-order valence-electron chi connectivity index (χ2n) is 8.85. The van der Waals surface area contributed by atoms with E-state index in [9.17, 15) is 17.8 Å². The van der Waals surface area contributed by atoms with Gasteiger partial charge in [0.2, 0.25) is 11.7 Å². The Kier molecular flexibility index (Phi) is 8.52. The number of carbonyl (C=O) groups excluding carboxylic acids is 1. The molecule has 0 radical (unpaired) electrons. The summed E-state index contributed by atoms with van der Waals surface area (Å²) in [6.45, 7) is 7.43. The molecule has 0 fully saturated rings. The van der Waals surface area contributed by atoms with Gasteiger partial charge in [0.05, 0.1) is 34.0 Å². The standard InChI is InChI=1S/C26H28F2N4O3S/c1-5-36(34)18-7-8-20-19(13-18)21(10-11-30-20)35-22-9-6-16(24(27)25(22)28)12-23(33)32-17(14-29)15-31-26(2,3)4/h6-11,13-15H,5,12,29H2,1-4H3,(H,32,33)/b17-14+,31-15?. The topological polar surface area (TPSA) is 107 Å². The lowest BCUT2D eigenvalue weighted by Crippen LogP contribution is -2.27. The number of allylic oxidation sites excluding steroid dienone is 1. The third-order valence-electron chi connectivity index (χ3n) is 4.95. The normalized spacial score (nSPS) is 13.2. The molecular weight excluding hydrogens is 486 g/mol. The van der Waals surface area contributed by atoms with Crippen molar-refractivity contribution in [2.75, 3.05) is 5.75 Å². The van der Waals surface area contributed by atoms with Crippen molar-refractivity contribution in [3.8, 4) is 11.5 Å². The maximum atomic E-state index is 14.9. The van der Waals surface area contributed by atoms with Gasteiger partial charge in [0.1, 0.15) is 5.75 Å². The Bertz CT molecular complexity index is 1370. The molecule has 2 aromatic carbocycles. The number of rotatable bonds is 8. The van der Waals surface area contributed by atoms with Crippen molar-refractivity contribution >= 4 is 33.8 Å². The Morgan fingerprint density at radius 2 is 1.92 bits per heavy atom. The zero-order valence-electron chi connectivity index (χ0n) is 20.5. The number of ether oxygens (including phenoxy) is 1. The van der Waals surface area contributed by atoms with Gasteiger partial charge in [-0.05, 0) is 51.1 Å². The van der Waals surface area contributed by atoms with Gasteiger partial charge in [-0.3, -0.25) is 19.0 Å². The highest BCUT2D eigenvalue weighted by atomic mass is 32.2. The van der Waals surface area contributed by atoms with E-state index in [-0.39, 0.29) is 28.3 Å². The molecule has 0 aliphatic rings. The number of hydrogen-bond donors (Lipinski definition) is 2. The van der Waals surface area contributed by atoms with Crippen molar-refractivity contribution in [1.29, 1.82) is 0 Å². The molecule has 1 atom stereocenters. The fourth-order valence-electron chi connectivity index (χ4n) is 3.16. The summed E-state index contributed by atoms with van der Waals surface area (Å²) in [6, 6.07) is 9.11. The second kappa shape index (κ2) is 11.4. The van der Waals surface area contributed by atoms with Crippen LogP contribution in [0.3, 0.4) is 0 Å². The summed E-state index contributed by atoms with van der Waals surface area (Å²) < 4.78 is 47.6. The highest BCUT2D eigenvalue weighted by Crippen LogP contribution is 2.33. The average molecular weight is 515 g/mol. The van der Waals surface area contributed by atoms with E-state index in [4.69, 9.17) is 10.5 Å². The van der Waals surface area contributed by atoms with Gasteiger partial charge in [-0.15, -0.1) is 0 Å². The Hall–Kier alpha value is -3.66. The number of nitrogens with one attached hydrogen (secondary N) is 1. The Balaban J connectivity index is 1.81. The highest BCUT2D eigenvalue weighted by molar-refractivity contribution is 7.85. The van der Waals surface area contributed by atoms with Crippen LogP contribution in [0.2, 0.25) is 0 Å². The minimum absolute atomic E-state index is 0.151. The highest BCUT2D eigenvalue weighted by Gasteiger charge is 2.19. The number of pyridine rings is 1. The molecule has 36 heavy (non-hydrogen) atoms. The van der Waals surface area contributed by atoms with Crippen LogP contribution in [0.15, 0.2) is 64.4 Å². The number of aromatic nitrogens is 1. The fourth-order valence-corrected chi connectivity index (χ4v) is 3.96. The van der Waals surface area contributed by atoms with Crippen LogP contribution in [0.1, 0.15) is 33.3 Å². The molecule has 190 valence electrons. The molecule has 1 heterocycles. The predicted molar refractivity (Wildman–Crippen MR) is 137 cm³/mol. The molecule has 0 aliphatic heterocycles. The summed E-state index contributed by atoms with van der Waals surface area (Å²) in [4.78, 5) is 21.5. The molecule has 0 bridgehead atoms. The van der Waals surface area contributed by atoms with Gasteiger partial charge in [-0.2, -0.15) is 4.39 Å². The molecule has 1 aromatic heterocycles. The van der Waals surface area contributed by atoms with E-state index in [1.165, 1.54) is 36.8 Å². The molecule has 3 N–H and O–H groups in total. The van der Waals surface area contributed by atoms with Gasteiger partial charge < -0.3 is 15.8 Å². The summed E-state index contributed by atoms with van der Waals surface area (Å²) in [5, 5.41) is 3.04. The van der Waals surface area contributed by atoms with Gasteiger partial charge in [-0.25, -0.2) is 4.39 Å². The zero-order chi connectivity index (χ0) is 26.5. The number of nitrogens with two attached hydrogens (primary N) is 1. The maximum absolute atomic E-state index is 14.9. The predicted octanol–water partition coefficient (Wildman–Crippen LogP) is 4.76. The Morgan fingerprint density at radius 1 is 1.17 bits per heavy atom. The molecule has 3 rings (SSSR count). The lowest BCUT2D eigenvalue weighted by molar-refractivity contribution is -0.119. The first-order valence-electron chi connectivity index (χ1n) is 11.2. The van der Waals surface area contributed by atoms with Crippen LogP contribution in [0, 0.1) is 11.6 Å². The van der Waals surface area contributed by atoms with E-state index < -0.39 is 34.8 Å². The summed E-state index contributed by atoms with van der Waals surface area (Å²) in [5.41, 5.74) is 5.79. The van der Waals surface area contributed by atoms with Gasteiger partial charge in [0, 0.05) is 40.2 Å². The Morgan fingerprint density at radius 3 is 2.58 bits per heavy atom. The summed E-state index contributed by atoms with van der Waals surface area (Å²) >= 11 is 0. The molecule has 0 spiro atoms. The summed E-state index contributed by atoms with van der Waals surface area (Å²) in [7, 11) is -1.20. The quantitative estimate of drug-likeness (QED) is 0.422. The number of aliphatic imine (C=N–C) groups is 1. The van der Waals surface area contributed by atoms with Crippen LogP contribution in [0.4, 0.5) is 8.78 Å². The van der Waals surface area contributed by atoms with Gasteiger partial charge in [-0.1, -0.05) is 13.0 Å². The van der Waals surface area contributed by atoms with Crippen LogP contribution < -0.4 is 15.8 Å². The van der Waals surface area contributed by atoms with Crippen molar-refractivity contribution in [3.05, 3.63) is 71.7 Å². The van der Waals surface area contributed by atoms with Crippen LogP contribution in [-0.4, -0.2) is 32.6 Å². The molecule has 1 amide bonds. The number of nitrogens with zero attached hydrogens (tertiary/aromatic N) is 2. The van der Waals surface area contributed by atoms with Gasteiger partial charge >= 0.3 is 0 Å². The summed E-state index contributed by atoms with van der Waals surface area (Å²) in [5.74, 6) is -2.71. The zero-order valence-corrected chi connectivity index (χ0v) is 21.3. The van der Waals surface area contributed by atoms with E-state index in [1.807, 2.05) is 20.8 Å². The third kappa shape index (κ3) is 6.72. The van der Waals surface area contributed by atoms with Crippen LogP contribution in [-0.2, 0) is 22.0 Å². The minimum Gasteiger partial charge on any atom is -0.453 e. The minimum atomic E-state index is -1.23. The van der Waals surface area contributed by atoms with Crippen LogP contribution in [0.5, 0.6) is 11.5 Å². The van der Waals surface area contributed by atoms with Gasteiger partial charge in [0.25, 0.3) is 0 Å². The van der Waals surface area contributed by atoms with E-state index in [1.54, 1.807) is 25.1 Å². The first-order valence-corrected chi connectivity index (χ1v) is 12.5. The fraction of sp³-hybridized carbons (Fsp3) is 0.269. The second-order valence-corrected chi connectivity index (χ2v) is 10.6. The molecule has 7 nitrogen and oxygen atoms in total. The number of hydrogen-bond acceptors (Lipinski definition) is 6. The lowest BCUT2D eigenvalue weighted by atomic mass is 10.1. The van der Waals surface area contributed by atoms with E-state index in [0.29, 0.717) is 21.6 Å². The first kappa shape index (κ1) is 26.9.